The van der Waals surface area contributed by atoms with Gasteiger partial charge >= 0.3 is 0 Å². The number of carbonyl (C=O) groups is 1. The van der Waals surface area contributed by atoms with Crippen molar-refractivity contribution in [2.24, 2.45) is 17.3 Å². The minimum atomic E-state index is -1.20. The number of hydrogen-bond acceptors (Lipinski definition) is 1. The van der Waals surface area contributed by atoms with E-state index in [0.717, 1.165) is 32.1 Å². The van der Waals surface area contributed by atoms with Crippen LogP contribution in [0.4, 0.5) is 4.39 Å². The molecular weight excluding hydrogens is 263 g/mol. The average Bonchev–Trinajstić information content (AvgIpc) is 2.79. The topological polar surface area (TPSA) is 17.1 Å². The third kappa shape index (κ3) is 1.71. The monoisotopic (exact) mass is 286 g/mol. The van der Waals surface area contributed by atoms with Crippen molar-refractivity contribution < 1.29 is 9.18 Å². The van der Waals surface area contributed by atoms with Gasteiger partial charge in [-0.3, -0.25) is 4.79 Å². The highest BCUT2D eigenvalue weighted by atomic mass is 19.1. The highest BCUT2D eigenvalue weighted by molar-refractivity contribution is 5.91. The van der Waals surface area contributed by atoms with Crippen LogP contribution >= 0.6 is 0 Å². The molecule has 0 unspecified atom stereocenters. The van der Waals surface area contributed by atoms with Crippen LogP contribution in [-0.2, 0) is 11.2 Å². The van der Waals surface area contributed by atoms with E-state index < -0.39 is 6.17 Å². The Balaban J connectivity index is 1.74. The molecule has 3 aliphatic rings. The molecule has 2 fully saturated rings. The van der Waals surface area contributed by atoms with Crippen molar-refractivity contribution in [1.82, 2.24) is 0 Å². The minimum absolute atomic E-state index is 0.0766. The normalized spacial score (nSPS) is 41.3. The molecule has 0 bridgehead atoms. The van der Waals surface area contributed by atoms with E-state index in [1.54, 1.807) is 0 Å². The Labute approximate surface area is 125 Å². The number of hydrogen-bond donors (Lipinski definition) is 0. The fourth-order valence-corrected chi connectivity index (χ4v) is 5.70. The molecule has 3 aliphatic carbocycles. The molecule has 0 spiro atoms. The van der Waals surface area contributed by atoms with E-state index in [-0.39, 0.29) is 17.1 Å². The number of aryl methyl sites for hydroxylation is 1. The summed E-state index contributed by atoms with van der Waals surface area (Å²) in [5.41, 5.74) is 2.62. The van der Waals surface area contributed by atoms with Crippen molar-refractivity contribution in [2.75, 3.05) is 0 Å². The fourth-order valence-electron chi connectivity index (χ4n) is 5.70. The van der Waals surface area contributed by atoms with Crippen LogP contribution in [0.15, 0.2) is 24.3 Å². The van der Waals surface area contributed by atoms with Crippen LogP contribution in [0.1, 0.15) is 56.1 Å². The first-order valence-corrected chi connectivity index (χ1v) is 8.43. The first kappa shape index (κ1) is 13.5. The molecule has 112 valence electrons. The zero-order chi connectivity index (χ0) is 14.6. The molecular formula is C19H23FO. The zero-order valence-electron chi connectivity index (χ0n) is 12.6. The van der Waals surface area contributed by atoms with Crippen LogP contribution in [-0.4, -0.2) is 12.0 Å². The zero-order valence-corrected chi connectivity index (χ0v) is 12.6. The lowest BCUT2D eigenvalue weighted by Gasteiger charge is -2.49. The Morgan fingerprint density at radius 3 is 2.90 bits per heavy atom. The molecule has 2 heteroatoms. The number of rotatable bonds is 1. The molecule has 1 aromatic rings. The van der Waals surface area contributed by atoms with Crippen LogP contribution in [0.2, 0.25) is 0 Å². The molecule has 1 nitrogen and oxygen atoms in total. The van der Waals surface area contributed by atoms with Gasteiger partial charge in [-0.15, -0.1) is 0 Å². The van der Waals surface area contributed by atoms with E-state index in [1.165, 1.54) is 11.1 Å². The highest BCUT2D eigenvalue weighted by Crippen LogP contribution is 2.61. The van der Waals surface area contributed by atoms with E-state index in [0.29, 0.717) is 18.3 Å². The largest absolute Gasteiger partial charge is 0.296 e. The van der Waals surface area contributed by atoms with Gasteiger partial charge in [-0.05, 0) is 67.4 Å². The van der Waals surface area contributed by atoms with Crippen molar-refractivity contribution >= 4 is 5.78 Å². The van der Waals surface area contributed by atoms with Crippen molar-refractivity contribution in [2.45, 2.75) is 57.5 Å². The molecule has 0 heterocycles. The van der Waals surface area contributed by atoms with Crippen LogP contribution in [0, 0.1) is 17.3 Å². The van der Waals surface area contributed by atoms with E-state index in [4.69, 9.17) is 0 Å². The SMILES string of the molecule is CC[C@]12CC[C@@H]3c4ccccc4CC[C@H]3[C@@H]1C[C@H](F)C2=O. The fraction of sp³-hybridized carbons (Fsp3) is 0.632. The minimum Gasteiger partial charge on any atom is -0.296 e. The number of Topliss-reactive ketones (excluding diaryl/α,β-unsaturated/α-hetero) is 1. The summed E-state index contributed by atoms with van der Waals surface area (Å²) in [6.07, 6.45) is 4.28. The van der Waals surface area contributed by atoms with Crippen LogP contribution in [0.25, 0.3) is 0 Å². The summed E-state index contributed by atoms with van der Waals surface area (Å²) in [7, 11) is 0. The van der Waals surface area contributed by atoms with E-state index in [1.807, 2.05) is 0 Å². The van der Waals surface area contributed by atoms with Gasteiger partial charge in [-0.2, -0.15) is 0 Å². The number of alkyl halides is 1. The first-order chi connectivity index (χ1) is 10.2. The van der Waals surface area contributed by atoms with Gasteiger partial charge in [0, 0.05) is 5.41 Å². The Hall–Kier alpha value is -1.18. The molecule has 0 amide bonds. The summed E-state index contributed by atoms with van der Waals surface area (Å²) in [6.45, 7) is 2.08. The van der Waals surface area contributed by atoms with Gasteiger partial charge in [-0.25, -0.2) is 4.39 Å². The van der Waals surface area contributed by atoms with E-state index >= 15 is 0 Å². The van der Waals surface area contributed by atoms with E-state index in [2.05, 4.69) is 31.2 Å². The molecule has 0 N–H and O–H groups in total. The second kappa shape index (κ2) is 4.66. The van der Waals surface area contributed by atoms with Gasteiger partial charge in [0.1, 0.15) is 0 Å². The molecule has 5 atom stereocenters. The summed E-state index contributed by atoms with van der Waals surface area (Å²) >= 11 is 0. The summed E-state index contributed by atoms with van der Waals surface area (Å²) in [5.74, 6) is 1.26. The summed E-state index contributed by atoms with van der Waals surface area (Å²) < 4.78 is 14.2. The molecule has 2 saturated carbocycles. The summed E-state index contributed by atoms with van der Waals surface area (Å²) in [6, 6.07) is 8.75. The van der Waals surface area contributed by atoms with Crippen LogP contribution in [0.3, 0.4) is 0 Å². The first-order valence-electron chi connectivity index (χ1n) is 8.43. The number of carbonyl (C=O) groups excluding carboxylic acids is 1. The van der Waals surface area contributed by atoms with Crippen LogP contribution < -0.4 is 0 Å². The highest BCUT2D eigenvalue weighted by Gasteiger charge is 2.59. The van der Waals surface area contributed by atoms with Gasteiger partial charge in [0.25, 0.3) is 0 Å². The summed E-state index contributed by atoms with van der Waals surface area (Å²) in [4.78, 5) is 12.4. The predicted octanol–water partition coefficient (Wildman–Crippen LogP) is 4.45. The second-order valence-corrected chi connectivity index (χ2v) is 7.23. The molecule has 0 saturated heterocycles. The molecule has 0 aromatic heterocycles. The van der Waals surface area contributed by atoms with Gasteiger partial charge in [0.2, 0.25) is 0 Å². The lowest BCUT2D eigenvalue weighted by Crippen LogP contribution is -2.44. The van der Waals surface area contributed by atoms with Gasteiger partial charge in [-0.1, -0.05) is 31.2 Å². The number of halogens is 1. The third-order valence-corrected chi connectivity index (χ3v) is 6.71. The van der Waals surface area contributed by atoms with Crippen LogP contribution in [0.5, 0.6) is 0 Å². The van der Waals surface area contributed by atoms with Crippen molar-refractivity contribution in [3.63, 3.8) is 0 Å². The van der Waals surface area contributed by atoms with Crippen molar-refractivity contribution in [1.29, 1.82) is 0 Å². The van der Waals surface area contributed by atoms with Gasteiger partial charge in [0.15, 0.2) is 12.0 Å². The van der Waals surface area contributed by atoms with Gasteiger partial charge < -0.3 is 0 Å². The molecule has 4 rings (SSSR count). The maximum atomic E-state index is 14.2. The lowest BCUT2D eigenvalue weighted by atomic mass is 9.54. The Morgan fingerprint density at radius 1 is 1.29 bits per heavy atom. The van der Waals surface area contributed by atoms with Crippen molar-refractivity contribution in [3.05, 3.63) is 35.4 Å². The van der Waals surface area contributed by atoms with E-state index in [9.17, 15) is 9.18 Å². The number of ketones is 1. The average molecular weight is 286 g/mol. The third-order valence-electron chi connectivity index (χ3n) is 6.71. The van der Waals surface area contributed by atoms with Gasteiger partial charge in [0.05, 0.1) is 0 Å². The number of fused-ring (bicyclic) bond motifs is 5. The number of benzene rings is 1. The second-order valence-electron chi connectivity index (χ2n) is 7.23. The smallest absolute Gasteiger partial charge is 0.173 e. The van der Waals surface area contributed by atoms with Crippen molar-refractivity contribution in [3.8, 4) is 0 Å². The Morgan fingerprint density at radius 2 is 2.10 bits per heavy atom. The summed E-state index contributed by atoms with van der Waals surface area (Å²) in [5, 5.41) is 0. The Kier molecular flexibility index (Phi) is 2.99. The standard InChI is InChI=1S/C19H23FO/c1-2-19-10-9-14-13-6-4-3-5-12(13)7-8-15(14)16(19)11-17(20)18(19)21/h3-6,14-17H,2,7-11H2,1H3/t14-,15-,16+,17+,19+/m1/s1. The predicted molar refractivity (Wildman–Crippen MR) is 81.0 cm³/mol. The quantitative estimate of drug-likeness (QED) is 0.745. The molecule has 0 aliphatic heterocycles. The maximum absolute atomic E-state index is 14.2. The lowest BCUT2D eigenvalue weighted by molar-refractivity contribution is -0.134. The Bertz CT molecular complexity index is 581. The maximum Gasteiger partial charge on any atom is 0.173 e. The molecule has 0 radical (unpaired) electrons. The molecule has 21 heavy (non-hydrogen) atoms. The molecule has 1 aromatic carbocycles.